The van der Waals surface area contributed by atoms with Gasteiger partial charge in [-0.05, 0) is 74.7 Å². The second-order valence-electron chi connectivity index (χ2n) is 8.45. The minimum absolute atomic E-state index is 0.0388. The van der Waals surface area contributed by atoms with Crippen LogP contribution in [0.15, 0.2) is 54.1 Å². The average Bonchev–Trinajstić information content (AvgIpc) is 3.38. The van der Waals surface area contributed by atoms with Gasteiger partial charge in [0.2, 0.25) is 5.91 Å². The van der Waals surface area contributed by atoms with Gasteiger partial charge in [-0.3, -0.25) is 15.0 Å². The van der Waals surface area contributed by atoms with Crippen LogP contribution in [0, 0.1) is 5.41 Å². The number of amidine groups is 1. The van der Waals surface area contributed by atoms with Crippen molar-refractivity contribution in [3.63, 3.8) is 0 Å². The molecule has 2 aromatic carbocycles. The lowest BCUT2D eigenvalue weighted by molar-refractivity contribution is -0.149. The number of nitrogen functional groups attached to an aromatic ring is 1. The van der Waals surface area contributed by atoms with E-state index in [1.807, 2.05) is 0 Å². The molecular formula is C27H31N3O5. The maximum atomic E-state index is 13.2. The Balaban J connectivity index is 1.67. The number of carbonyl (C=O) groups is 3. The number of esters is 2. The molecule has 2 aromatic rings. The number of nitrogens with one attached hydrogen (secondary N) is 1. The minimum atomic E-state index is -0.522. The standard InChI is InChI=1S/C27H31N3O5/c1-3-34-24(31)17-30(22-6-4-5-7-22)26(32)18(2)16-19-8-10-21(11-9-19)27(33)35-23-14-12-20(13-15-23)25(28)29/h8-16,22H,3-7,17H2,1-2H3,(H3,28,29). The van der Waals surface area contributed by atoms with E-state index in [-0.39, 0.29) is 30.9 Å². The fourth-order valence-corrected chi connectivity index (χ4v) is 4.05. The lowest BCUT2D eigenvalue weighted by Crippen LogP contribution is -2.43. The van der Waals surface area contributed by atoms with Crippen LogP contribution >= 0.6 is 0 Å². The van der Waals surface area contributed by atoms with Gasteiger partial charge in [-0.2, -0.15) is 0 Å². The normalized spacial score (nSPS) is 13.8. The van der Waals surface area contributed by atoms with Gasteiger partial charge in [0, 0.05) is 17.2 Å². The van der Waals surface area contributed by atoms with Crippen molar-refractivity contribution in [2.45, 2.75) is 45.6 Å². The highest BCUT2D eigenvalue weighted by molar-refractivity contribution is 5.99. The number of nitrogens with two attached hydrogens (primary N) is 1. The first kappa shape index (κ1) is 25.7. The van der Waals surface area contributed by atoms with Crippen LogP contribution in [0.4, 0.5) is 0 Å². The van der Waals surface area contributed by atoms with Crippen LogP contribution in [0.3, 0.4) is 0 Å². The van der Waals surface area contributed by atoms with Crippen molar-refractivity contribution in [1.29, 1.82) is 5.41 Å². The summed E-state index contributed by atoms with van der Waals surface area (Å²) in [5.41, 5.74) is 7.58. The van der Waals surface area contributed by atoms with Crippen molar-refractivity contribution in [1.82, 2.24) is 4.90 Å². The van der Waals surface area contributed by atoms with E-state index in [1.165, 1.54) is 0 Å². The van der Waals surface area contributed by atoms with Crippen LogP contribution in [-0.2, 0) is 14.3 Å². The summed E-state index contributed by atoms with van der Waals surface area (Å²) < 4.78 is 10.4. The Morgan fingerprint density at radius 3 is 2.20 bits per heavy atom. The number of carbonyl (C=O) groups excluding carboxylic acids is 3. The number of benzene rings is 2. The Hall–Kier alpha value is -3.94. The molecule has 0 spiro atoms. The third-order valence-corrected chi connectivity index (χ3v) is 5.87. The van der Waals surface area contributed by atoms with Crippen molar-refractivity contribution >= 4 is 29.8 Å². The van der Waals surface area contributed by atoms with Gasteiger partial charge in [-0.25, -0.2) is 4.79 Å². The van der Waals surface area contributed by atoms with Crippen molar-refractivity contribution in [2.75, 3.05) is 13.2 Å². The van der Waals surface area contributed by atoms with Crippen molar-refractivity contribution in [3.8, 4) is 5.75 Å². The van der Waals surface area contributed by atoms with Gasteiger partial charge < -0.3 is 20.1 Å². The van der Waals surface area contributed by atoms with Gasteiger partial charge in [0.15, 0.2) is 0 Å². The van der Waals surface area contributed by atoms with Gasteiger partial charge in [0.05, 0.1) is 12.2 Å². The zero-order valence-corrected chi connectivity index (χ0v) is 20.1. The van der Waals surface area contributed by atoms with E-state index in [0.29, 0.717) is 22.4 Å². The number of ether oxygens (including phenoxy) is 2. The lowest BCUT2D eigenvalue weighted by atomic mass is 10.1. The molecule has 8 heteroatoms. The quantitative estimate of drug-likeness (QED) is 0.185. The number of amides is 1. The molecule has 0 saturated heterocycles. The van der Waals surface area contributed by atoms with E-state index < -0.39 is 11.9 Å². The van der Waals surface area contributed by atoms with Gasteiger partial charge in [0.25, 0.3) is 0 Å². The SMILES string of the molecule is CCOC(=O)CN(C(=O)C(C)=Cc1ccc(C(=O)Oc2ccc(C(=N)N)cc2)cc1)C1CCCC1. The van der Waals surface area contributed by atoms with Crippen LogP contribution in [-0.4, -0.2) is 47.8 Å². The van der Waals surface area contributed by atoms with E-state index in [0.717, 1.165) is 31.2 Å². The molecule has 0 heterocycles. The third-order valence-electron chi connectivity index (χ3n) is 5.87. The van der Waals surface area contributed by atoms with E-state index >= 15 is 0 Å². The number of hydrogen-bond acceptors (Lipinski definition) is 6. The average molecular weight is 478 g/mol. The summed E-state index contributed by atoms with van der Waals surface area (Å²) in [5, 5.41) is 7.41. The molecule has 1 saturated carbocycles. The predicted octanol–water partition coefficient (Wildman–Crippen LogP) is 3.93. The molecule has 1 amide bonds. The fraction of sp³-hybridized carbons (Fsp3) is 0.333. The molecule has 1 fully saturated rings. The Morgan fingerprint density at radius 1 is 1.03 bits per heavy atom. The Morgan fingerprint density at radius 2 is 1.63 bits per heavy atom. The first-order valence-corrected chi connectivity index (χ1v) is 11.7. The predicted molar refractivity (Wildman–Crippen MR) is 133 cm³/mol. The van der Waals surface area contributed by atoms with Crippen molar-refractivity contribution in [3.05, 3.63) is 70.8 Å². The largest absolute Gasteiger partial charge is 0.465 e. The maximum absolute atomic E-state index is 13.2. The lowest BCUT2D eigenvalue weighted by Gasteiger charge is -2.28. The Kier molecular flexibility index (Phi) is 8.78. The monoisotopic (exact) mass is 477 g/mol. The van der Waals surface area contributed by atoms with Gasteiger partial charge in [-0.1, -0.05) is 25.0 Å². The summed E-state index contributed by atoms with van der Waals surface area (Å²) in [6.07, 6.45) is 5.58. The van der Waals surface area contributed by atoms with Crippen molar-refractivity contribution in [2.24, 2.45) is 5.73 Å². The fourth-order valence-electron chi connectivity index (χ4n) is 4.05. The van der Waals surface area contributed by atoms with E-state index in [9.17, 15) is 14.4 Å². The summed E-state index contributed by atoms with van der Waals surface area (Å²) in [6, 6.07) is 13.1. The molecule has 35 heavy (non-hydrogen) atoms. The highest BCUT2D eigenvalue weighted by Crippen LogP contribution is 2.25. The minimum Gasteiger partial charge on any atom is -0.465 e. The topological polar surface area (TPSA) is 123 Å². The number of nitrogens with zero attached hydrogens (tertiary/aromatic N) is 1. The van der Waals surface area contributed by atoms with E-state index in [1.54, 1.807) is 73.4 Å². The van der Waals surface area contributed by atoms with Crippen LogP contribution in [0.2, 0.25) is 0 Å². The molecule has 0 aliphatic heterocycles. The Bertz CT molecular complexity index is 1100. The molecule has 0 unspecified atom stereocenters. The van der Waals surface area contributed by atoms with E-state index in [4.69, 9.17) is 20.6 Å². The van der Waals surface area contributed by atoms with Gasteiger partial charge >= 0.3 is 11.9 Å². The van der Waals surface area contributed by atoms with E-state index in [2.05, 4.69) is 0 Å². The van der Waals surface area contributed by atoms with Gasteiger partial charge in [0.1, 0.15) is 18.1 Å². The molecule has 0 bridgehead atoms. The third kappa shape index (κ3) is 7.02. The van der Waals surface area contributed by atoms with Gasteiger partial charge in [-0.15, -0.1) is 0 Å². The molecule has 0 radical (unpaired) electrons. The second-order valence-corrected chi connectivity index (χ2v) is 8.45. The first-order chi connectivity index (χ1) is 16.8. The maximum Gasteiger partial charge on any atom is 0.343 e. The molecule has 1 aliphatic rings. The molecule has 1 aliphatic carbocycles. The van der Waals surface area contributed by atoms with Crippen molar-refractivity contribution < 1.29 is 23.9 Å². The first-order valence-electron chi connectivity index (χ1n) is 11.7. The Labute approximate surface area is 205 Å². The summed E-state index contributed by atoms with van der Waals surface area (Å²) in [5.74, 6) is -0.834. The highest BCUT2D eigenvalue weighted by Gasteiger charge is 2.29. The summed E-state index contributed by atoms with van der Waals surface area (Å²) in [7, 11) is 0. The summed E-state index contributed by atoms with van der Waals surface area (Å²) in [6.45, 7) is 3.69. The molecule has 184 valence electrons. The molecule has 0 aromatic heterocycles. The van der Waals surface area contributed by atoms with Crippen LogP contribution < -0.4 is 10.5 Å². The van der Waals surface area contributed by atoms with Crippen LogP contribution in [0.5, 0.6) is 5.75 Å². The highest BCUT2D eigenvalue weighted by atomic mass is 16.5. The molecule has 3 rings (SSSR count). The zero-order chi connectivity index (χ0) is 25.4. The summed E-state index contributed by atoms with van der Waals surface area (Å²) in [4.78, 5) is 39.3. The number of hydrogen-bond donors (Lipinski definition) is 2. The van der Waals surface area contributed by atoms with Crippen LogP contribution in [0.25, 0.3) is 6.08 Å². The second kappa shape index (κ2) is 12.0. The van der Waals surface area contributed by atoms with Crippen LogP contribution in [0.1, 0.15) is 61.0 Å². The molecular weight excluding hydrogens is 446 g/mol. The molecule has 0 atom stereocenters. The molecule has 8 nitrogen and oxygen atoms in total. The molecule has 3 N–H and O–H groups in total. The zero-order valence-electron chi connectivity index (χ0n) is 20.1. The number of rotatable bonds is 9. The smallest absolute Gasteiger partial charge is 0.343 e. The summed E-state index contributed by atoms with van der Waals surface area (Å²) >= 11 is 0.